The van der Waals surface area contributed by atoms with E-state index in [2.05, 4.69) is 0 Å². The predicted octanol–water partition coefficient (Wildman–Crippen LogP) is 0.288. The largest absolute Gasteiger partial charge is 0.515 e. The van der Waals surface area contributed by atoms with Crippen molar-refractivity contribution in [3.8, 4) is 0 Å². The first-order chi connectivity index (χ1) is 7.59. The molecule has 0 spiro atoms. The maximum absolute atomic E-state index is 12.8. The summed E-state index contributed by atoms with van der Waals surface area (Å²) in [6, 6.07) is 5.82. The first-order valence-corrected chi connectivity index (χ1v) is 5.31. The summed E-state index contributed by atoms with van der Waals surface area (Å²) in [4.78, 5) is 0.862. The molecule has 1 aromatic rings. The number of ether oxygens (including phenoxy) is 1. The van der Waals surface area contributed by atoms with Crippen LogP contribution in [0.4, 0.5) is 18.6 Å². The van der Waals surface area contributed by atoms with Crippen LogP contribution in [-0.2, 0) is 4.74 Å². The molecule has 1 aromatic carbocycles. The topological polar surface area (TPSA) is 13.7 Å². The van der Waals surface area contributed by atoms with E-state index in [0.29, 0.717) is 32.0 Å². The Kier molecular flexibility index (Phi) is 3.21. The Morgan fingerprint density at radius 2 is 1.69 bits per heavy atom. The highest BCUT2D eigenvalue weighted by molar-refractivity contribution is 6.74. The number of nitrogens with one attached hydrogen (secondary N) is 1. The van der Waals surface area contributed by atoms with Gasteiger partial charge in [-0.2, -0.15) is 0 Å². The molecule has 0 atom stereocenters. The van der Waals surface area contributed by atoms with Gasteiger partial charge in [0.25, 0.3) is 0 Å². The summed E-state index contributed by atoms with van der Waals surface area (Å²) in [5.74, 6) is 0. The fraction of sp³-hybridized carbons (Fsp3) is 0.400. The summed E-state index contributed by atoms with van der Waals surface area (Å²) >= 11 is 0. The second kappa shape index (κ2) is 4.47. The van der Waals surface area contributed by atoms with E-state index in [-0.39, 0.29) is 0 Å². The van der Waals surface area contributed by atoms with Gasteiger partial charge in [-0.15, -0.1) is 0 Å². The zero-order chi connectivity index (χ0) is 11.6. The number of hydrogen-bond acceptors (Lipinski definition) is 1. The van der Waals surface area contributed by atoms with Crippen LogP contribution in [0.1, 0.15) is 0 Å². The minimum Gasteiger partial charge on any atom is -0.445 e. The number of halogens is 3. The van der Waals surface area contributed by atoms with Crippen LogP contribution < -0.4 is 10.4 Å². The van der Waals surface area contributed by atoms with Gasteiger partial charge in [0, 0.05) is 0 Å². The van der Waals surface area contributed by atoms with Crippen molar-refractivity contribution < 1.29 is 22.6 Å². The Balaban J connectivity index is 2.32. The van der Waals surface area contributed by atoms with Crippen LogP contribution in [0.15, 0.2) is 24.3 Å². The SMILES string of the molecule is F[B-](F)(F)c1ccccc1[NH+]1CCOCC1. The highest BCUT2D eigenvalue weighted by Crippen LogP contribution is 2.13. The van der Waals surface area contributed by atoms with E-state index >= 15 is 0 Å². The van der Waals surface area contributed by atoms with Crippen molar-refractivity contribution in [1.29, 1.82) is 0 Å². The zero-order valence-electron chi connectivity index (χ0n) is 8.76. The van der Waals surface area contributed by atoms with E-state index in [1.54, 1.807) is 12.1 Å². The second-order valence-electron chi connectivity index (χ2n) is 3.88. The lowest BCUT2D eigenvalue weighted by Crippen LogP contribution is -3.10. The molecule has 16 heavy (non-hydrogen) atoms. The first kappa shape index (κ1) is 11.5. The van der Waals surface area contributed by atoms with Crippen molar-refractivity contribution in [2.45, 2.75) is 0 Å². The third kappa shape index (κ3) is 2.39. The Labute approximate surface area is 92.1 Å². The van der Waals surface area contributed by atoms with Crippen LogP contribution in [-0.4, -0.2) is 33.3 Å². The maximum atomic E-state index is 12.8. The van der Waals surface area contributed by atoms with Crippen LogP contribution in [0.5, 0.6) is 0 Å². The average molecular weight is 231 g/mol. The standard InChI is InChI=1S/C10H12BF3NO/c12-11(13,14)9-3-1-2-4-10(9)15-5-7-16-8-6-15/h1-4H,5-8H2/q-1/p+1. The monoisotopic (exact) mass is 231 g/mol. The van der Waals surface area contributed by atoms with Crippen LogP contribution in [0.3, 0.4) is 0 Å². The molecule has 1 aliphatic rings. The quantitative estimate of drug-likeness (QED) is 0.722. The average Bonchev–Trinajstić information content (AvgIpc) is 2.29. The van der Waals surface area contributed by atoms with E-state index in [4.69, 9.17) is 4.74 Å². The van der Waals surface area contributed by atoms with Crippen molar-refractivity contribution in [3.63, 3.8) is 0 Å². The van der Waals surface area contributed by atoms with Crippen molar-refractivity contribution >= 4 is 18.1 Å². The molecule has 1 fully saturated rings. The molecule has 1 aliphatic heterocycles. The number of para-hydroxylation sites is 1. The Hall–Kier alpha value is -1.01. The maximum Gasteiger partial charge on any atom is 0.515 e. The molecule has 88 valence electrons. The van der Waals surface area contributed by atoms with Gasteiger partial charge < -0.3 is 22.6 Å². The van der Waals surface area contributed by atoms with Gasteiger partial charge in [-0.05, 0) is 11.5 Å². The van der Waals surface area contributed by atoms with Crippen molar-refractivity contribution in [2.75, 3.05) is 26.3 Å². The van der Waals surface area contributed by atoms with Crippen LogP contribution in [0.2, 0.25) is 0 Å². The predicted molar refractivity (Wildman–Crippen MR) is 56.3 cm³/mol. The molecular formula is C10H13BF3NO. The molecule has 1 heterocycles. The normalized spacial score (nSPS) is 18.7. The smallest absolute Gasteiger partial charge is 0.445 e. The molecule has 0 radical (unpaired) electrons. The Bertz CT molecular complexity index is 363. The van der Waals surface area contributed by atoms with Gasteiger partial charge in [-0.25, -0.2) is 0 Å². The van der Waals surface area contributed by atoms with Gasteiger partial charge >= 0.3 is 6.98 Å². The molecule has 1 saturated heterocycles. The number of benzene rings is 1. The zero-order valence-corrected chi connectivity index (χ0v) is 8.76. The number of morpholine rings is 1. The molecule has 6 heteroatoms. The number of quaternary nitrogens is 1. The molecule has 0 aliphatic carbocycles. The van der Waals surface area contributed by atoms with Crippen molar-refractivity contribution in [1.82, 2.24) is 0 Å². The van der Waals surface area contributed by atoms with E-state index in [1.165, 1.54) is 6.07 Å². The van der Waals surface area contributed by atoms with Crippen molar-refractivity contribution in [2.24, 2.45) is 0 Å². The summed E-state index contributed by atoms with van der Waals surface area (Å²) in [7, 11) is 0. The van der Waals surface area contributed by atoms with Crippen LogP contribution in [0, 0.1) is 0 Å². The van der Waals surface area contributed by atoms with Crippen LogP contribution in [0.25, 0.3) is 0 Å². The first-order valence-electron chi connectivity index (χ1n) is 5.31. The van der Waals surface area contributed by atoms with Gasteiger partial charge in [0.1, 0.15) is 18.8 Å². The number of hydrogen-bond donors (Lipinski definition) is 1. The van der Waals surface area contributed by atoms with E-state index in [1.807, 2.05) is 0 Å². The fourth-order valence-corrected chi connectivity index (χ4v) is 1.99. The molecule has 0 unspecified atom stereocenters. The summed E-state index contributed by atoms with van der Waals surface area (Å²) in [5.41, 5.74) is -0.113. The summed E-state index contributed by atoms with van der Waals surface area (Å²) < 4.78 is 43.6. The molecular weight excluding hydrogens is 218 g/mol. The lowest BCUT2D eigenvalue weighted by atomic mass is 9.78. The van der Waals surface area contributed by atoms with Gasteiger partial charge in [0.15, 0.2) is 0 Å². The molecule has 1 N–H and O–H groups in total. The Morgan fingerprint density at radius 3 is 2.31 bits per heavy atom. The van der Waals surface area contributed by atoms with Gasteiger partial charge in [0.2, 0.25) is 0 Å². The Morgan fingerprint density at radius 1 is 1.06 bits per heavy atom. The molecule has 0 amide bonds. The minimum absolute atomic E-state index is 0.360. The van der Waals surface area contributed by atoms with Gasteiger partial charge in [-0.1, -0.05) is 18.2 Å². The third-order valence-electron chi connectivity index (χ3n) is 2.79. The third-order valence-corrected chi connectivity index (χ3v) is 2.79. The summed E-state index contributed by atoms with van der Waals surface area (Å²) in [5, 5.41) is 0. The van der Waals surface area contributed by atoms with E-state index in [9.17, 15) is 12.9 Å². The molecule has 2 nitrogen and oxygen atoms in total. The molecule has 0 aromatic heterocycles. The summed E-state index contributed by atoms with van der Waals surface area (Å²) in [6.45, 7) is -2.68. The van der Waals surface area contributed by atoms with E-state index in [0.717, 1.165) is 11.0 Å². The molecule has 0 saturated carbocycles. The van der Waals surface area contributed by atoms with Crippen molar-refractivity contribution in [3.05, 3.63) is 24.3 Å². The molecule has 2 rings (SSSR count). The van der Waals surface area contributed by atoms with Gasteiger partial charge in [0.05, 0.1) is 13.2 Å². The highest BCUT2D eigenvalue weighted by atomic mass is 19.4. The lowest BCUT2D eigenvalue weighted by molar-refractivity contribution is -0.841. The minimum atomic E-state index is -4.93. The van der Waals surface area contributed by atoms with Crippen LogP contribution >= 0.6 is 0 Å². The van der Waals surface area contributed by atoms with E-state index < -0.39 is 12.4 Å². The summed E-state index contributed by atoms with van der Waals surface area (Å²) in [6.07, 6.45) is 0. The molecule has 0 bridgehead atoms. The second-order valence-corrected chi connectivity index (χ2v) is 3.88. The van der Waals surface area contributed by atoms with Gasteiger partial charge in [-0.3, -0.25) is 0 Å². The highest BCUT2D eigenvalue weighted by Gasteiger charge is 2.32. The lowest BCUT2D eigenvalue weighted by Gasteiger charge is -2.28. The number of rotatable bonds is 2. The fourth-order valence-electron chi connectivity index (χ4n) is 1.99.